The highest BCUT2D eigenvalue weighted by molar-refractivity contribution is 5.88. The van der Waals surface area contributed by atoms with Crippen LogP contribution in [0, 0.1) is 20.8 Å². The topological polar surface area (TPSA) is 37.4 Å². The van der Waals surface area contributed by atoms with E-state index in [1.54, 1.807) is 4.90 Å². The summed E-state index contributed by atoms with van der Waals surface area (Å²) in [6.07, 6.45) is 1.82. The number of benzene rings is 1. The maximum atomic E-state index is 12.2. The third-order valence-corrected chi connectivity index (χ3v) is 3.90. The minimum absolute atomic E-state index is 0.0689. The molecule has 1 aromatic carbocycles. The van der Waals surface area contributed by atoms with Gasteiger partial charge in [-0.2, -0.15) is 0 Å². The van der Waals surface area contributed by atoms with Crippen molar-refractivity contribution in [2.75, 3.05) is 13.1 Å². The van der Waals surface area contributed by atoms with Gasteiger partial charge in [-0.25, -0.2) is 0 Å². The number of Topliss-reactive ketones (excluding diaryl/α,β-unsaturated/α-hetero) is 1. The maximum absolute atomic E-state index is 12.2. The summed E-state index contributed by atoms with van der Waals surface area (Å²) in [7, 11) is 0. The van der Waals surface area contributed by atoms with Crippen LogP contribution in [0.5, 0.6) is 0 Å². The fraction of sp³-hybridized carbons (Fsp3) is 0.500. The van der Waals surface area contributed by atoms with Crippen LogP contribution >= 0.6 is 0 Å². The van der Waals surface area contributed by atoms with Gasteiger partial charge < -0.3 is 4.90 Å². The molecule has 0 aromatic heterocycles. The minimum Gasteiger partial charge on any atom is -0.335 e. The molecule has 19 heavy (non-hydrogen) atoms. The summed E-state index contributed by atoms with van der Waals surface area (Å²) in [5.74, 6) is 0.246. The number of piperidine rings is 1. The fourth-order valence-electron chi connectivity index (χ4n) is 2.54. The number of hydrogen-bond acceptors (Lipinski definition) is 2. The molecule has 0 aliphatic carbocycles. The van der Waals surface area contributed by atoms with Crippen LogP contribution in [0.4, 0.5) is 0 Å². The van der Waals surface area contributed by atoms with E-state index in [1.807, 2.05) is 6.92 Å². The minimum atomic E-state index is 0.0689. The molecule has 1 fully saturated rings. The molecule has 0 bridgehead atoms. The lowest BCUT2D eigenvalue weighted by Gasteiger charge is -2.26. The van der Waals surface area contributed by atoms with E-state index in [9.17, 15) is 9.59 Å². The zero-order chi connectivity index (χ0) is 14.0. The molecule has 1 aliphatic heterocycles. The Kier molecular flexibility index (Phi) is 4.03. The maximum Gasteiger partial charge on any atom is 0.227 e. The number of ketones is 1. The lowest BCUT2D eigenvalue weighted by molar-refractivity contribution is -0.137. The van der Waals surface area contributed by atoms with E-state index in [0.29, 0.717) is 25.9 Å². The molecule has 0 unspecified atom stereocenters. The van der Waals surface area contributed by atoms with Gasteiger partial charge in [-0.15, -0.1) is 0 Å². The van der Waals surface area contributed by atoms with Crippen LogP contribution in [-0.2, 0) is 16.0 Å². The zero-order valence-electron chi connectivity index (χ0n) is 12.0. The molecule has 0 radical (unpaired) electrons. The molecule has 2 rings (SSSR count). The highest BCUT2D eigenvalue weighted by Crippen LogP contribution is 2.17. The van der Waals surface area contributed by atoms with Crippen LogP contribution in [0.3, 0.4) is 0 Å². The van der Waals surface area contributed by atoms with E-state index < -0.39 is 0 Å². The molecule has 0 spiro atoms. The van der Waals surface area contributed by atoms with Crippen molar-refractivity contribution < 1.29 is 9.59 Å². The van der Waals surface area contributed by atoms with Crippen LogP contribution in [0.2, 0.25) is 0 Å². The van der Waals surface area contributed by atoms with E-state index in [2.05, 4.69) is 26.0 Å². The van der Waals surface area contributed by atoms with Crippen LogP contribution in [-0.4, -0.2) is 29.7 Å². The normalized spacial score (nSPS) is 15.7. The first-order valence-corrected chi connectivity index (χ1v) is 6.83. The van der Waals surface area contributed by atoms with Crippen molar-refractivity contribution in [2.45, 2.75) is 40.0 Å². The second-order valence-electron chi connectivity index (χ2n) is 5.50. The molecule has 1 aliphatic rings. The van der Waals surface area contributed by atoms with Crippen molar-refractivity contribution in [1.82, 2.24) is 4.90 Å². The van der Waals surface area contributed by atoms with Crippen LogP contribution in [0.15, 0.2) is 12.1 Å². The van der Waals surface area contributed by atoms with Gasteiger partial charge in [0.2, 0.25) is 5.91 Å². The van der Waals surface area contributed by atoms with Crippen LogP contribution in [0.25, 0.3) is 0 Å². The van der Waals surface area contributed by atoms with E-state index in [1.165, 1.54) is 11.1 Å². The molecule has 1 aromatic rings. The largest absolute Gasteiger partial charge is 0.335 e. The van der Waals surface area contributed by atoms with Gasteiger partial charge >= 0.3 is 0 Å². The average molecular weight is 259 g/mol. The fourth-order valence-corrected chi connectivity index (χ4v) is 2.54. The van der Waals surface area contributed by atoms with Gasteiger partial charge in [0.05, 0.1) is 13.0 Å². The number of rotatable bonds is 2. The summed E-state index contributed by atoms with van der Waals surface area (Å²) in [4.78, 5) is 25.3. The number of likely N-dealkylation sites (tertiary alicyclic amines) is 1. The van der Waals surface area contributed by atoms with Gasteiger partial charge in [-0.1, -0.05) is 12.1 Å². The smallest absolute Gasteiger partial charge is 0.227 e. The van der Waals surface area contributed by atoms with Crippen molar-refractivity contribution in [3.63, 3.8) is 0 Å². The third kappa shape index (κ3) is 3.22. The van der Waals surface area contributed by atoms with Gasteiger partial charge in [-0.05, 0) is 49.4 Å². The van der Waals surface area contributed by atoms with Crippen LogP contribution < -0.4 is 0 Å². The lowest BCUT2D eigenvalue weighted by Crippen LogP contribution is -2.41. The number of amides is 1. The number of carbonyl (C=O) groups excluding carboxylic acids is 2. The molecule has 1 saturated heterocycles. The summed E-state index contributed by atoms with van der Waals surface area (Å²) in [5.41, 5.74) is 4.69. The van der Waals surface area contributed by atoms with Crippen molar-refractivity contribution in [3.05, 3.63) is 34.4 Å². The van der Waals surface area contributed by atoms with E-state index in [0.717, 1.165) is 17.5 Å². The van der Waals surface area contributed by atoms with Gasteiger partial charge in [0.25, 0.3) is 0 Å². The lowest BCUT2D eigenvalue weighted by atomic mass is 9.98. The molecular formula is C16H21NO2. The first-order valence-electron chi connectivity index (χ1n) is 6.83. The third-order valence-electron chi connectivity index (χ3n) is 3.90. The van der Waals surface area contributed by atoms with Gasteiger partial charge in [-0.3, -0.25) is 9.59 Å². The Morgan fingerprint density at radius 1 is 1.16 bits per heavy atom. The Labute approximate surface area is 114 Å². The first kappa shape index (κ1) is 13.8. The van der Waals surface area contributed by atoms with Crippen molar-refractivity contribution >= 4 is 11.7 Å². The number of carbonyl (C=O) groups is 2. The monoisotopic (exact) mass is 259 g/mol. The van der Waals surface area contributed by atoms with E-state index in [-0.39, 0.29) is 11.7 Å². The molecular weight excluding hydrogens is 238 g/mol. The molecule has 0 N–H and O–H groups in total. The van der Waals surface area contributed by atoms with Gasteiger partial charge in [0.15, 0.2) is 5.78 Å². The SMILES string of the molecule is Cc1cc(C)c(CC(=O)N2CCCC(=O)C2)cc1C. The Morgan fingerprint density at radius 3 is 2.53 bits per heavy atom. The molecule has 3 heteroatoms. The highest BCUT2D eigenvalue weighted by atomic mass is 16.2. The number of nitrogens with zero attached hydrogens (tertiary/aromatic N) is 1. The molecule has 102 valence electrons. The summed E-state index contributed by atoms with van der Waals surface area (Å²) in [6.45, 7) is 7.19. The van der Waals surface area contributed by atoms with Crippen LogP contribution in [0.1, 0.15) is 35.1 Å². The Hall–Kier alpha value is -1.64. The summed E-state index contributed by atoms with van der Waals surface area (Å²) >= 11 is 0. The molecule has 3 nitrogen and oxygen atoms in total. The van der Waals surface area contributed by atoms with E-state index >= 15 is 0 Å². The zero-order valence-corrected chi connectivity index (χ0v) is 12.0. The highest BCUT2D eigenvalue weighted by Gasteiger charge is 2.21. The van der Waals surface area contributed by atoms with Crippen molar-refractivity contribution in [2.24, 2.45) is 0 Å². The number of hydrogen-bond donors (Lipinski definition) is 0. The molecule has 0 atom stereocenters. The first-order chi connectivity index (χ1) is 8.97. The predicted molar refractivity (Wildman–Crippen MR) is 75.2 cm³/mol. The quantitative estimate of drug-likeness (QED) is 0.817. The second-order valence-corrected chi connectivity index (χ2v) is 5.50. The molecule has 0 saturated carbocycles. The van der Waals surface area contributed by atoms with Crippen molar-refractivity contribution in [1.29, 1.82) is 0 Å². The van der Waals surface area contributed by atoms with Gasteiger partial charge in [0, 0.05) is 13.0 Å². The Balaban J connectivity index is 2.10. The Bertz CT molecular complexity index is 520. The summed E-state index contributed by atoms with van der Waals surface area (Å²) in [5, 5.41) is 0. The molecule has 1 amide bonds. The van der Waals surface area contributed by atoms with Crippen molar-refractivity contribution in [3.8, 4) is 0 Å². The predicted octanol–water partition coefficient (Wildman–Crippen LogP) is 2.35. The summed E-state index contributed by atoms with van der Waals surface area (Å²) in [6, 6.07) is 4.22. The standard InChI is InChI=1S/C16H21NO2/c1-11-7-13(3)14(8-12(11)2)9-16(19)17-6-4-5-15(18)10-17/h7-8H,4-6,9-10H2,1-3H3. The Morgan fingerprint density at radius 2 is 1.84 bits per heavy atom. The van der Waals surface area contributed by atoms with E-state index in [4.69, 9.17) is 0 Å². The summed E-state index contributed by atoms with van der Waals surface area (Å²) < 4.78 is 0. The second kappa shape index (κ2) is 5.55. The molecule has 1 heterocycles. The average Bonchev–Trinajstić information content (AvgIpc) is 2.36. The number of aryl methyl sites for hydroxylation is 3. The van der Waals surface area contributed by atoms with Gasteiger partial charge in [0.1, 0.15) is 0 Å².